The summed E-state index contributed by atoms with van der Waals surface area (Å²) in [6, 6.07) is 9.79. The van der Waals surface area contributed by atoms with Crippen molar-refractivity contribution in [2.75, 3.05) is 0 Å². The van der Waals surface area contributed by atoms with Crippen LogP contribution in [-0.2, 0) is 0 Å². The van der Waals surface area contributed by atoms with Crippen LogP contribution in [0.5, 0.6) is 0 Å². The molecule has 1 aromatic heterocycles. The highest BCUT2D eigenvalue weighted by Gasteiger charge is 2.10. The third kappa shape index (κ3) is 3.57. The lowest BCUT2D eigenvalue weighted by atomic mass is 10.1. The van der Waals surface area contributed by atoms with Crippen molar-refractivity contribution < 1.29 is 5.11 Å². The Bertz CT molecular complexity index is 543. The van der Waals surface area contributed by atoms with E-state index in [1.165, 1.54) is 0 Å². The van der Waals surface area contributed by atoms with Gasteiger partial charge in [0.25, 0.3) is 0 Å². The lowest BCUT2D eigenvalue weighted by molar-refractivity contribution is 0.196. The Kier molecular flexibility index (Phi) is 4.84. The number of halogens is 2. The summed E-state index contributed by atoms with van der Waals surface area (Å²) in [7, 11) is 0. The number of rotatable bonds is 3. The second-order valence-corrected chi connectivity index (χ2v) is 6.67. The maximum absolute atomic E-state index is 9.79. The first kappa shape index (κ1) is 14.1. The van der Waals surface area contributed by atoms with Crippen LogP contribution >= 0.6 is 43.6 Å². The van der Waals surface area contributed by atoms with E-state index in [2.05, 4.69) is 36.8 Å². The zero-order valence-corrected chi connectivity index (χ0v) is 13.6. The van der Waals surface area contributed by atoms with Gasteiger partial charge in [0, 0.05) is 20.0 Å². The second-order valence-electron chi connectivity index (χ2n) is 3.77. The standard InChI is InChI=1S/C13H11Br2NOS/c1-8(17)11-6-9(14)2-4-12(11)18-13-5-3-10(15)7-16-13/h2-8,17H,1H3. The van der Waals surface area contributed by atoms with Gasteiger partial charge < -0.3 is 5.11 Å². The summed E-state index contributed by atoms with van der Waals surface area (Å²) < 4.78 is 1.92. The van der Waals surface area contributed by atoms with E-state index in [-0.39, 0.29) is 0 Å². The maximum Gasteiger partial charge on any atom is 0.101 e. The SMILES string of the molecule is CC(O)c1cc(Br)ccc1Sc1ccc(Br)cn1. The van der Waals surface area contributed by atoms with Gasteiger partial charge in [-0.05, 0) is 58.7 Å². The first-order valence-electron chi connectivity index (χ1n) is 5.33. The molecule has 0 bridgehead atoms. The molecule has 0 amide bonds. The molecule has 0 saturated heterocycles. The molecule has 0 spiro atoms. The summed E-state index contributed by atoms with van der Waals surface area (Å²) in [5.74, 6) is 0. The van der Waals surface area contributed by atoms with E-state index in [0.29, 0.717) is 0 Å². The zero-order valence-electron chi connectivity index (χ0n) is 9.60. The highest BCUT2D eigenvalue weighted by Crippen LogP contribution is 2.34. The van der Waals surface area contributed by atoms with Gasteiger partial charge in [0.05, 0.1) is 6.10 Å². The van der Waals surface area contributed by atoms with E-state index in [1.54, 1.807) is 24.9 Å². The molecule has 2 aromatic rings. The van der Waals surface area contributed by atoms with Gasteiger partial charge in [-0.3, -0.25) is 0 Å². The number of benzene rings is 1. The third-order valence-corrected chi connectivity index (χ3v) is 4.34. The molecular formula is C13H11Br2NOS. The fourth-order valence-corrected chi connectivity index (χ4v) is 3.04. The van der Waals surface area contributed by atoms with Crippen LogP contribution in [0.2, 0.25) is 0 Å². The van der Waals surface area contributed by atoms with Crippen LogP contribution in [0.15, 0.2) is 55.4 Å². The van der Waals surface area contributed by atoms with Gasteiger partial charge in [0.2, 0.25) is 0 Å². The molecule has 18 heavy (non-hydrogen) atoms. The molecule has 1 unspecified atom stereocenters. The fraction of sp³-hybridized carbons (Fsp3) is 0.154. The summed E-state index contributed by atoms with van der Waals surface area (Å²) in [6.07, 6.45) is 1.27. The number of hydrogen-bond donors (Lipinski definition) is 1. The average molecular weight is 389 g/mol. The van der Waals surface area contributed by atoms with E-state index >= 15 is 0 Å². The van der Waals surface area contributed by atoms with Crippen LogP contribution in [-0.4, -0.2) is 10.1 Å². The van der Waals surface area contributed by atoms with Crippen LogP contribution in [0.1, 0.15) is 18.6 Å². The van der Waals surface area contributed by atoms with Gasteiger partial charge in [-0.2, -0.15) is 0 Å². The molecule has 2 rings (SSSR count). The molecular weight excluding hydrogens is 378 g/mol. The number of nitrogens with zero attached hydrogens (tertiary/aromatic N) is 1. The first-order chi connectivity index (χ1) is 8.56. The second kappa shape index (κ2) is 6.19. The molecule has 94 valence electrons. The monoisotopic (exact) mass is 387 g/mol. The molecule has 1 heterocycles. The predicted molar refractivity (Wildman–Crippen MR) is 80.8 cm³/mol. The topological polar surface area (TPSA) is 33.1 Å². The summed E-state index contributed by atoms with van der Waals surface area (Å²) in [5, 5.41) is 10.7. The van der Waals surface area contributed by atoms with E-state index in [0.717, 1.165) is 24.4 Å². The van der Waals surface area contributed by atoms with Crippen LogP contribution in [0.3, 0.4) is 0 Å². The zero-order chi connectivity index (χ0) is 13.1. The van der Waals surface area contributed by atoms with Crippen LogP contribution in [0.25, 0.3) is 0 Å². The fourth-order valence-electron chi connectivity index (χ4n) is 1.47. The van der Waals surface area contributed by atoms with E-state index in [4.69, 9.17) is 0 Å². The van der Waals surface area contributed by atoms with Crippen LogP contribution < -0.4 is 0 Å². The van der Waals surface area contributed by atoms with Crippen molar-refractivity contribution in [3.8, 4) is 0 Å². The average Bonchev–Trinajstić information content (AvgIpc) is 2.34. The minimum Gasteiger partial charge on any atom is -0.389 e. The van der Waals surface area contributed by atoms with Gasteiger partial charge in [-0.25, -0.2) is 4.98 Å². The minimum atomic E-state index is -0.500. The number of pyridine rings is 1. The molecule has 0 saturated carbocycles. The summed E-state index contributed by atoms with van der Waals surface area (Å²) in [6.45, 7) is 1.76. The Hall–Kier alpha value is -0.360. The Morgan fingerprint density at radius 3 is 2.50 bits per heavy atom. The Morgan fingerprint density at radius 2 is 1.89 bits per heavy atom. The number of aliphatic hydroxyl groups excluding tert-OH is 1. The number of hydrogen-bond acceptors (Lipinski definition) is 3. The quantitative estimate of drug-likeness (QED) is 0.818. The van der Waals surface area contributed by atoms with E-state index in [1.807, 2.05) is 30.3 Å². The molecule has 1 aromatic carbocycles. The molecule has 0 aliphatic carbocycles. The van der Waals surface area contributed by atoms with Crippen molar-refractivity contribution in [1.29, 1.82) is 0 Å². The molecule has 0 aliphatic heterocycles. The van der Waals surface area contributed by atoms with Gasteiger partial charge in [0.1, 0.15) is 5.03 Å². The summed E-state index contributed by atoms with van der Waals surface area (Å²) in [4.78, 5) is 5.34. The molecule has 2 nitrogen and oxygen atoms in total. The summed E-state index contributed by atoms with van der Waals surface area (Å²) in [5.41, 5.74) is 0.902. The molecule has 0 radical (unpaired) electrons. The predicted octanol–water partition coefficient (Wildman–Crippen LogP) is 4.81. The van der Waals surface area contributed by atoms with E-state index < -0.39 is 6.10 Å². The Morgan fingerprint density at radius 1 is 1.17 bits per heavy atom. The van der Waals surface area contributed by atoms with Crippen molar-refractivity contribution >= 4 is 43.6 Å². The Balaban J connectivity index is 2.31. The van der Waals surface area contributed by atoms with Crippen LogP contribution in [0.4, 0.5) is 0 Å². The normalized spacial score (nSPS) is 12.4. The highest BCUT2D eigenvalue weighted by molar-refractivity contribution is 9.10. The van der Waals surface area contributed by atoms with Crippen molar-refractivity contribution in [3.05, 3.63) is 51.0 Å². The van der Waals surface area contributed by atoms with Gasteiger partial charge >= 0.3 is 0 Å². The molecule has 1 atom stereocenters. The maximum atomic E-state index is 9.79. The van der Waals surface area contributed by atoms with Crippen molar-refractivity contribution in [2.24, 2.45) is 0 Å². The van der Waals surface area contributed by atoms with Gasteiger partial charge in [-0.1, -0.05) is 27.7 Å². The van der Waals surface area contributed by atoms with Crippen molar-refractivity contribution in [3.63, 3.8) is 0 Å². The van der Waals surface area contributed by atoms with E-state index in [9.17, 15) is 5.11 Å². The van der Waals surface area contributed by atoms with Gasteiger partial charge in [-0.15, -0.1) is 0 Å². The van der Waals surface area contributed by atoms with Gasteiger partial charge in [0.15, 0.2) is 0 Å². The minimum absolute atomic E-state index is 0.500. The smallest absolute Gasteiger partial charge is 0.101 e. The Labute approximate surface area is 127 Å². The van der Waals surface area contributed by atoms with Crippen molar-refractivity contribution in [2.45, 2.75) is 22.9 Å². The molecule has 0 fully saturated rings. The van der Waals surface area contributed by atoms with Crippen molar-refractivity contribution in [1.82, 2.24) is 4.98 Å². The highest BCUT2D eigenvalue weighted by atomic mass is 79.9. The van der Waals surface area contributed by atoms with Crippen LogP contribution in [0, 0.1) is 0 Å². The summed E-state index contributed by atoms with van der Waals surface area (Å²) >= 11 is 8.32. The largest absolute Gasteiger partial charge is 0.389 e. The lowest BCUT2D eigenvalue weighted by Gasteiger charge is -2.11. The first-order valence-corrected chi connectivity index (χ1v) is 7.73. The molecule has 5 heteroatoms. The molecule has 1 N–H and O–H groups in total. The number of aromatic nitrogens is 1. The lowest BCUT2D eigenvalue weighted by Crippen LogP contribution is -1.94. The third-order valence-electron chi connectivity index (χ3n) is 2.34. The molecule has 0 aliphatic rings. The number of aliphatic hydroxyl groups is 1.